The van der Waals surface area contributed by atoms with Crippen LogP contribution in [0.1, 0.15) is 32.0 Å². The zero-order valence-corrected chi connectivity index (χ0v) is 16.5. The third-order valence-corrected chi connectivity index (χ3v) is 5.84. The van der Waals surface area contributed by atoms with Crippen molar-refractivity contribution in [3.05, 3.63) is 92.9 Å². The van der Waals surface area contributed by atoms with Crippen molar-refractivity contribution in [2.24, 2.45) is 0 Å². The average Bonchev–Trinajstić information content (AvgIpc) is 3.18. The maximum Gasteiger partial charge on any atom is 0.294 e. The molecule has 1 aliphatic rings. The van der Waals surface area contributed by atoms with E-state index in [-0.39, 0.29) is 11.3 Å². The van der Waals surface area contributed by atoms with Crippen LogP contribution in [0.25, 0.3) is 0 Å². The molecular formula is C22H17FN2O3S. The number of halogens is 1. The summed E-state index contributed by atoms with van der Waals surface area (Å²) in [5.41, 5.74) is 1.41. The van der Waals surface area contributed by atoms with Crippen LogP contribution in [0.5, 0.6) is 0 Å². The molecule has 0 spiro atoms. The van der Waals surface area contributed by atoms with Gasteiger partial charge in [0.25, 0.3) is 5.91 Å². The van der Waals surface area contributed by atoms with Crippen molar-refractivity contribution in [1.82, 2.24) is 4.98 Å². The van der Waals surface area contributed by atoms with Gasteiger partial charge in [0.2, 0.25) is 5.78 Å². The number of aromatic nitrogens is 1. The predicted molar refractivity (Wildman–Crippen MR) is 109 cm³/mol. The number of hydrogen-bond acceptors (Lipinski definition) is 5. The van der Waals surface area contributed by atoms with Crippen molar-refractivity contribution in [3.8, 4) is 0 Å². The Morgan fingerprint density at radius 2 is 1.86 bits per heavy atom. The van der Waals surface area contributed by atoms with E-state index in [2.05, 4.69) is 4.98 Å². The molecule has 29 heavy (non-hydrogen) atoms. The van der Waals surface area contributed by atoms with E-state index >= 15 is 0 Å². The van der Waals surface area contributed by atoms with E-state index < -0.39 is 29.3 Å². The molecule has 2 heterocycles. The van der Waals surface area contributed by atoms with E-state index in [0.717, 1.165) is 0 Å². The van der Waals surface area contributed by atoms with Gasteiger partial charge in [-0.05, 0) is 37.6 Å². The molecule has 3 aromatic rings. The maximum absolute atomic E-state index is 13.9. The van der Waals surface area contributed by atoms with E-state index in [9.17, 15) is 19.1 Å². The lowest BCUT2D eigenvalue weighted by Crippen LogP contribution is -2.31. The summed E-state index contributed by atoms with van der Waals surface area (Å²) in [5, 5.41) is 11.4. The molecule has 1 unspecified atom stereocenters. The van der Waals surface area contributed by atoms with Gasteiger partial charge in [0.05, 0.1) is 27.2 Å². The number of hydrogen-bond donors (Lipinski definition) is 1. The number of Topliss-reactive ketones (excluding diaryl/α,β-unsaturated/α-hetero) is 1. The minimum atomic E-state index is -0.875. The zero-order valence-electron chi connectivity index (χ0n) is 15.7. The van der Waals surface area contributed by atoms with Crippen molar-refractivity contribution in [1.29, 1.82) is 0 Å². The molecule has 5 nitrogen and oxygen atoms in total. The van der Waals surface area contributed by atoms with Crippen molar-refractivity contribution < 1.29 is 19.1 Å². The standard InChI is InChI=1S/C22H17FN2O3S/c1-12-21(29-13(2)24-12)19(26)17-18(14-7-4-3-5-8-14)25(22(28)20(17)27)16-10-6-9-15(23)11-16/h3-11,18,27H,1-2H3. The largest absolute Gasteiger partial charge is 0.503 e. The van der Waals surface area contributed by atoms with Crippen LogP contribution in [0.2, 0.25) is 0 Å². The first kappa shape index (κ1) is 19.0. The summed E-state index contributed by atoms with van der Waals surface area (Å²) in [7, 11) is 0. The molecular weight excluding hydrogens is 391 g/mol. The molecule has 1 N–H and O–H groups in total. The number of aryl methyl sites for hydroxylation is 2. The second-order valence-corrected chi connectivity index (χ2v) is 7.91. The van der Waals surface area contributed by atoms with Crippen LogP contribution in [0.3, 0.4) is 0 Å². The summed E-state index contributed by atoms with van der Waals surface area (Å²) in [6, 6.07) is 13.6. The Kier molecular flexibility index (Phi) is 4.76. The normalized spacial score (nSPS) is 16.6. The number of carbonyl (C=O) groups excluding carboxylic acids is 2. The van der Waals surface area contributed by atoms with Gasteiger partial charge in [-0.15, -0.1) is 11.3 Å². The van der Waals surface area contributed by atoms with Crippen molar-refractivity contribution in [2.45, 2.75) is 19.9 Å². The van der Waals surface area contributed by atoms with E-state index in [1.54, 1.807) is 44.2 Å². The van der Waals surface area contributed by atoms with Gasteiger partial charge in [-0.3, -0.25) is 14.5 Å². The highest BCUT2D eigenvalue weighted by molar-refractivity contribution is 7.14. The van der Waals surface area contributed by atoms with Crippen LogP contribution in [-0.4, -0.2) is 21.8 Å². The van der Waals surface area contributed by atoms with Gasteiger partial charge in [-0.2, -0.15) is 0 Å². The SMILES string of the molecule is Cc1nc(C)c(C(=O)C2=C(O)C(=O)N(c3cccc(F)c3)C2c2ccccc2)s1. The zero-order chi connectivity index (χ0) is 20.7. The molecule has 0 saturated heterocycles. The number of thiazole rings is 1. The fraction of sp³-hybridized carbons (Fsp3) is 0.136. The van der Waals surface area contributed by atoms with Crippen LogP contribution >= 0.6 is 11.3 Å². The number of ketones is 1. The van der Waals surface area contributed by atoms with E-state index in [0.29, 0.717) is 21.1 Å². The number of amides is 1. The number of aliphatic hydroxyl groups is 1. The summed E-state index contributed by atoms with van der Waals surface area (Å²) >= 11 is 1.21. The number of rotatable bonds is 4. The predicted octanol–water partition coefficient (Wildman–Crippen LogP) is 4.68. The Morgan fingerprint density at radius 1 is 1.14 bits per heavy atom. The van der Waals surface area contributed by atoms with E-state index in [4.69, 9.17) is 0 Å². The van der Waals surface area contributed by atoms with Crippen LogP contribution in [0.4, 0.5) is 10.1 Å². The molecule has 0 fully saturated rings. The molecule has 2 aromatic carbocycles. The van der Waals surface area contributed by atoms with Crippen molar-refractivity contribution in [3.63, 3.8) is 0 Å². The quantitative estimate of drug-likeness (QED) is 0.636. The molecule has 7 heteroatoms. The fourth-order valence-electron chi connectivity index (χ4n) is 3.54. The number of anilines is 1. The van der Waals surface area contributed by atoms with Gasteiger partial charge < -0.3 is 5.11 Å². The van der Waals surface area contributed by atoms with Gasteiger partial charge in [-0.1, -0.05) is 36.4 Å². The topological polar surface area (TPSA) is 70.5 Å². The fourth-order valence-corrected chi connectivity index (χ4v) is 4.42. The Labute approximate surface area is 170 Å². The minimum Gasteiger partial charge on any atom is -0.503 e. The third-order valence-electron chi connectivity index (χ3n) is 4.76. The molecule has 1 atom stereocenters. The molecule has 0 radical (unpaired) electrons. The lowest BCUT2D eigenvalue weighted by atomic mass is 9.95. The minimum absolute atomic E-state index is 0.0304. The average molecular weight is 408 g/mol. The summed E-state index contributed by atoms with van der Waals surface area (Å²) in [4.78, 5) is 32.2. The second-order valence-electron chi connectivity index (χ2n) is 6.71. The molecule has 0 saturated carbocycles. The van der Waals surface area contributed by atoms with Gasteiger partial charge in [0, 0.05) is 5.69 Å². The number of carbonyl (C=O) groups is 2. The first-order valence-electron chi connectivity index (χ1n) is 8.94. The highest BCUT2D eigenvalue weighted by Crippen LogP contribution is 2.42. The summed E-state index contributed by atoms with van der Waals surface area (Å²) in [5.74, 6) is -2.34. The Hall–Kier alpha value is -3.32. The Bertz CT molecular complexity index is 1150. The first-order valence-corrected chi connectivity index (χ1v) is 9.76. The van der Waals surface area contributed by atoms with E-state index in [1.807, 2.05) is 6.07 Å². The summed E-state index contributed by atoms with van der Waals surface area (Å²) in [6.45, 7) is 3.50. The number of nitrogens with zero attached hydrogens (tertiary/aromatic N) is 2. The molecule has 4 rings (SSSR count). The van der Waals surface area contributed by atoms with Gasteiger partial charge >= 0.3 is 0 Å². The molecule has 1 aromatic heterocycles. The van der Waals surface area contributed by atoms with E-state index in [1.165, 1.54) is 34.4 Å². The molecule has 1 aliphatic heterocycles. The Balaban J connectivity index is 1.90. The number of benzene rings is 2. The lowest BCUT2D eigenvalue weighted by molar-refractivity contribution is -0.117. The highest BCUT2D eigenvalue weighted by atomic mass is 32.1. The molecule has 1 amide bonds. The van der Waals surface area contributed by atoms with Crippen molar-refractivity contribution in [2.75, 3.05) is 4.90 Å². The molecule has 0 bridgehead atoms. The monoisotopic (exact) mass is 408 g/mol. The lowest BCUT2D eigenvalue weighted by Gasteiger charge is -2.26. The molecule has 146 valence electrons. The van der Waals surface area contributed by atoms with Crippen LogP contribution in [0.15, 0.2) is 65.9 Å². The maximum atomic E-state index is 13.9. The third kappa shape index (κ3) is 3.23. The summed E-state index contributed by atoms with van der Waals surface area (Å²) in [6.07, 6.45) is 0. The summed E-state index contributed by atoms with van der Waals surface area (Å²) < 4.78 is 13.9. The van der Waals surface area contributed by atoms with Crippen LogP contribution in [-0.2, 0) is 4.79 Å². The van der Waals surface area contributed by atoms with Crippen LogP contribution < -0.4 is 4.90 Å². The smallest absolute Gasteiger partial charge is 0.294 e. The Morgan fingerprint density at radius 3 is 2.48 bits per heavy atom. The molecule has 0 aliphatic carbocycles. The van der Waals surface area contributed by atoms with Crippen LogP contribution in [0, 0.1) is 19.7 Å². The van der Waals surface area contributed by atoms with Gasteiger partial charge in [-0.25, -0.2) is 9.37 Å². The second kappa shape index (κ2) is 7.25. The van der Waals surface area contributed by atoms with Gasteiger partial charge in [0.1, 0.15) is 5.82 Å². The first-order chi connectivity index (χ1) is 13.9. The van der Waals surface area contributed by atoms with Crippen molar-refractivity contribution >= 4 is 28.7 Å². The number of aliphatic hydroxyl groups excluding tert-OH is 1. The van der Waals surface area contributed by atoms with Gasteiger partial charge in [0.15, 0.2) is 5.76 Å². The highest BCUT2D eigenvalue weighted by Gasteiger charge is 2.45.